The molecule has 0 atom stereocenters. The smallest absolute Gasteiger partial charge is 0.0696 e. The first-order valence-corrected chi connectivity index (χ1v) is 7.10. The second-order valence-electron chi connectivity index (χ2n) is 6.71. The van der Waals surface area contributed by atoms with Gasteiger partial charge in [-0.1, -0.05) is 6.92 Å². The van der Waals surface area contributed by atoms with Crippen LogP contribution in [0.4, 0.5) is 0 Å². The second-order valence-corrected chi connectivity index (χ2v) is 6.71. The van der Waals surface area contributed by atoms with E-state index in [1.54, 1.807) is 5.56 Å². The van der Waals surface area contributed by atoms with Gasteiger partial charge in [-0.3, -0.25) is 0 Å². The van der Waals surface area contributed by atoms with E-state index in [0.717, 1.165) is 18.3 Å². The normalized spacial score (nSPS) is 32.3. The predicted molar refractivity (Wildman–Crippen MR) is 67.0 cm³/mol. The minimum atomic E-state index is 0.552. The molecule has 2 bridgehead atoms. The van der Waals surface area contributed by atoms with Gasteiger partial charge in [0.2, 0.25) is 0 Å². The Balaban J connectivity index is 1.69. The van der Waals surface area contributed by atoms with Crippen molar-refractivity contribution in [2.24, 2.45) is 5.41 Å². The molecule has 1 heterocycles. The summed E-state index contributed by atoms with van der Waals surface area (Å²) in [6.07, 6.45) is 9.37. The van der Waals surface area contributed by atoms with Crippen molar-refractivity contribution in [1.82, 2.24) is 10.2 Å². The summed E-state index contributed by atoms with van der Waals surface area (Å²) in [6.45, 7) is 2.38. The van der Waals surface area contributed by atoms with E-state index >= 15 is 0 Å². The van der Waals surface area contributed by atoms with E-state index in [2.05, 4.69) is 23.2 Å². The summed E-state index contributed by atoms with van der Waals surface area (Å²) >= 11 is 0. The monoisotopic (exact) mass is 228 g/mol. The lowest BCUT2D eigenvalue weighted by atomic mass is 9.69. The lowest BCUT2D eigenvalue weighted by molar-refractivity contribution is 0.346. The van der Waals surface area contributed by atoms with Crippen molar-refractivity contribution in [3.8, 4) is 0 Å². The van der Waals surface area contributed by atoms with E-state index in [4.69, 9.17) is 0 Å². The molecule has 4 aliphatic rings. The van der Waals surface area contributed by atoms with Gasteiger partial charge in [-0.05, 0) is 67.9 Å². The molecule has 2 fully saturated rings. The molecule has 0 N–H and O–H groups in total. The molecule has 1 aromatic heterocycles. The van der Waals surface area contributed by atoms with Crippen LogP contribution in [0.5, 0.6) is 0 Å². The number of aromatic nitrogens is 2. The third kappa shape index (κ3) is 1.61. The van der Waals surface area contributed by atoms with Gasteiger partial charge >= 0.3 is 0 Å². The van der Waals surface area contributed by atoms with Crippen molar-refractivity contribution >= 4 is 0 Å². The number of fused-ring (bicyclic) bond motifs is 2. The molecule has 0 saturated heterocycles. The number of nitrogens with zero attached hydrogens (tertiary/aromatic N) is 2. The molecule has 5 rings (SSSR count). The maximum atomic E-state index is 4.56. The average molecular weight is 228 g/mol. The van der Waals surface area contributed by atoms with Crippen LogP contribution in [-0.4, -0.2) is 10.2 Å². The zero-order chi connectivity index (χ0) is 11.5. The molecule has 4 aliphatic carbocycles. The van der Waals surface area contributed by atoms with E-state index in [9.17, 15) is 0 Å². The summed E-state index contributed by atoms with van der Waals surface area (Å²) < 4.78 is 0. The largest absolute Gasteiger partial charge is 0.155 e. The Morgan fingerprint density at radius 2 is 1.82 bits per heavy atom. The van der Waals surface area contributed by atoms with E-state index in [-0.39, 0.29) is 0 Å². The Morgan fingerprint density at radius 1 is 1.12 bits per heavy atom. The van der Waals surface area contributed by atoms with Crippen LogP contribution in [0.2, 0.25) is 0 Å². The minimum absolute atomic E-state index is 0.552. The molecule has 2 saturated carbocycles. The van der Waals surface area contributed by atoms with Gasteiger partial charge in [0.15, 0.2) is 0 Å². The highest BCUT2D eigenvalue weighted by atomic mass is 15.1. The Labute approximate surface area is 103 Å². The zero-order valence-corrected chi connectivity index (χ0v) is 10.6. The summed E-state index contributed by atoms with van der Waals surface area (Å²) in [7, 11) is 0. The van der Waals surface area contributed by atoms with Crippen LogP contribution in [0.25, 0.3) is 0 Å². The van der Waals surface area contributed by atoms with Crippen LogP contribution in [0.3, 0.4) is 0 Å². The molecule has 2 heteroatoms. The molecule has 0 aromatic carbocycles. The zero-order valence-electron chi connectivity index (χ0n) is 10.6. The van der Waals surface area contributed by atoms with Crippen LogP contribution < -0.4 is 0 Å². The van der Waals surface area contributed by atoms with E-state index in [0.29, 0.717) is 5.41 Å². The van der Waals surface area contributed by atoms with Crippen LogP contribution in [0, 0.1) is 5.41 Å². The van der Waals surface area contributed by atoms with Gasteiger partial charge < -0.3 is 0 Å². The Bertz CT molecular complexity index is 454. The Hall–Kier alpha value is -0.920. The number of hydrogen-bond donors (Lipinski definition) is 0. The molecule has 0 amide bonds. The Kier molecular flexibility index (Phi) is 1.95. The van der Waals surface area contributed by atoms with Crippen molar-refractivity contribution in [2.75, 3.05) is 0 Å². The van der Waals surface area contributed by atoms with Crippen molar-refractivity contribution in [3.05, 3.63) is 23.0 Å². The van der Waals surface area contributed by atoms with Gasteiger partial charge in [0.05, 0.1) is 11.4 Å². The SMILES string of the molecule is CC1(Cc2cc3c(nn2)C2CCC3CC2)CC1. The van der Waals surface area contributed by atoms with Gasteiger partial charge in [-0.25, -0.2) is 0 Å². The first kappa shape index (κ1) is 10.0. The fourth-order valence-electron chi connectivity index (χ4n) is 3.69. The Morgan fingerprint density at radius 3 is 2.53 bits per heavy atom. The summed E-state index contributed by atoms with van der Waals surface area (Å²) in [4.78, 5) is 0. The van der Waals surface area contributed by atoms with Crippen molar-refractivity contribution in [3.63, 3.8) is 0 Å². The number of hydrogen-bond acceptors (Lipinski definition) is 2. The molecule has 90 valence electrons. The minimum Gasteiger partial charge on any atom is -0.155 e. The summed E-state index contributed by atoms with van der Waals surface area (Å²) in [6, 6.07) is 2.39. The van der Waals surface area contributed by atoms with Gasteiger partial charge in [-0.15, -0.1) is 0 Å². The first-order valence-electron chi connectivity index (χ1n) is 7.10. The molecule has 0 radical (unpaired) electrons. The van der Waals surface area contributed by atoms with Gasteiger partial charge in [-0.2, -0.15) is 10.2 Å². The third-order valence-electron chi connectivity index (χ3n) is 5.17. The van der Waals surface area contributed by atoms with E-state index in [1.807, 2.05) is 0 Å². The van der Waals surface area contributed by atoms with Crippen molar-refractivity contribution in [2.45, 2.75) is 63.7 Å². The molecule has 1 aromatic rings. The highest BCUT2D eigenvalue weighted by Crippen LogP contribution is 2.50. The topological polar surface area (TPSA) is 25.8 Å². The van der Waals surface area contributed by atoms with E-state index in [1.165, 1.54) is 49.9 Å². The van der Waals surface area contributed by atoms with Gasteiger partial charge in [0, 0.05) is 5.92 Å². The highest BCUT2D eigenvalue weighted by molar-refractivity contribution is 5.33. The van der Waals surface area contributed by atoms with Crippen LogP contribution >= 0.6 is 0 Å². The van der Waals surface area contributed by atoms with Gasteiger partial charge in [0.25, 0.3) is 0 Å². The number of rotatable bonds is 2. The fraction of sp³-hybridized carbons (Fsp3) is 0.733. The lowest BCUT2D eigenvalue weighted by Gasteiger charge is -2.36. The maximum absolute atomic E-state index is 4.56. The molecular weight excluding hydrogens is 208 g/mol. The predicted octanol–water partition coefficient (Wildman–Crippen LogP) is 3.57. The first-order chi connectivity index (χ1) is 8.23. The molecule has 2 nitrogen and oxygen atoms in total. The molecule has 0 aliphatic heterocycles. The standard InChI is InChI=1S/C15H20N2/c1-15(6-7-15)9-12-8-13-10-2-4-11(5-3-10)14(13)17-16-12/h8,10-11H,2-7,9H2,1H3. The third-order valence-corrected chi connectivity index (χ3v) is 5.17. The molecule has 17 heavy (non-hydrogen) atoms. The fourth-order valence-corrected chi connectivity index (χ4v) is 3.69. The molecular formula is C15H20N2. The summed E-state index contributed by atoms with van der Waals surface area (Å²) in [5.41, 5.74) is 4.70. The molecule has 0 spiro atoms. The van der Waals surface area contributed by atoms with Gasteiger partial charge in [0.1, 0.15) is 0 Å². The van der Waals surface area contributed by atoms with Crippen molar-refractivity contribution in [1.29, 1.82) is 0 Å². The van der Waals surface area contributed by atoms with Crippen LogP contribution in [0.1, 0.15) is 74.2 Å². The van der Waals surface area contributed by atoms with Crippen molar-refractivity contribution < 1.29 is 0 Å². The summed E-state index contributed by atoms with van der Waals surface area (Å²) in [5, 5.41) is 9.05. The quantitative estimate of drug-likeness (QED) is 0.773. The summed E-state index contributed by atoms with van der Waals surface area (Å²) in [5.74, 6) is 1.53. The maximum Gasteiger partial charge on any atom is 0.0696 e. The average Bonchev–Trinajstić information content (AvgIpc) is 3.08. The molecule has 0 unspecified atom stereocenters. The van der Waals surface area contributed by atoms with Crippen LogP contribution in [-0.2, 0) is 6.42 Å². The highest BCUT2D eigenvalue weighted by Gasteiger charge is 2.39. The lowest BCUT2D eigenvalue weighted by Crippen LogP contribution is -2.24. The van der Waals surface area contributed by atoms with Crippen LogP contribution in [0.15, 0.2) is 6.07 Å². The second kappa shape index (κ2) is 3.30. The van der Waals surface area contributed by atoms with E-state index < -0.39 is 0 Å².